The summed E-state index contributed by atoms with van der Waals surface area (Å²) in [5.41, 5.74) is 2.49. The molecule has 1 atom stereocenters. The number of hydrogen-bond donors (Lipinski definition) is 1. The second kappa shape index (κ2) is 6.55. The maximum atomic E-state index is 4.06. The van der Waals surface area contributed by atoms with Gasteiger partial charge in [-0.25, -0.2) is 0 Å². The van der Waals surface area contributed by atoms with E-state index in [9.17, 15) is 0 Å². The van der Waals surface area contributed by atoms with Crippen LogP contribution in [0.1, 0.15) is 18.9 Å². The lowest BCUT2D eigenvalue weighted by Gasteiger charge is -2.16. The Balaban J connectivity index is 1.86. The summed E-state index contributed by atoms with van der Waals surface area (Å²) in [6, 6.07) is 13.0. The fourth-order valence-corrected chi connectivity index (χ4v) is 2.22. The Kier molecular flexibility index (Phi) is 4.76. The summed E-state index contributed by atoms with van der Waals surface area (Å²) in [7, 11) is 0. The molecule has 3 heteroatoms. The summed E-state index contributed by atoms with van der Waals surface area (Å²) < 4.78 is 1.01. The minimum Gasteiger partial charge on any atom is -0.382 e. The number of rotatable bonds is 5. The zero-order valence-corrected chi connectivity index (χ0v) is 12.0. The lowest BCUT2D eigenvalue weighted by Crippen LogP contribution is -2.16. The van der Waals surface area contributed by atoms with Crippen molar-refractivity contribution in [2.75, 3.05) is 5.32 Å². The summed E-state index contributed by atoms with van der Waals surface area (Å²) in [4.78, 5) is 4.06. The quantitative estimate of drug-likeness (QED) is 0.892. The van der Waals surface area contributed by atoms with E-state index >= 15 is 0 Å². The van der Waals surface area contributed by atoms with Crippen molar-refractivity contribution in [3.63, 3.8) is 0 Å². The molecule has 0 radical (unpaired) electrons. The van der Waals surface area contributed by atoms with E-state index in [1.807, 2.05) is 12.3 Å². The van der Waals surface area contributed by atoms with E-state index in [1.165, 1.54) is 5.56 Å². The zero-order valence-electron chi connectivity index (χ0n) is 10.4. The summed E-state index contributed by atoms with van der Waals surface area (Å²) in [6.45, 7) is 2.20. The van der Waals surface area contributed by atoms with Gasteiger partial charge in [0.1, 0.15) is 0 Å². The van der Waals surface area contributed by atoms with Crippen LogP contribution in [0.3, 0.4) is 0 Å². The number of aromatic nitrogens is 1. The molecule has 94 valence electrons. The Morgan fingerprint density at radius 2 is 2.00 bits per heavy atom. The predicted octanol–water partition coefficient (Wildman–Crippen LogP) is 4.28. The lowest BCUT2D eigenvalue weighted by molar-refractivity contribution is 0.705. The Bertz CT molecular complexity index is 485. The number of halogens is 1. The first-order valence-corrected chi connectivity index (χ1v) is 6.95. The van der Waals surface area contributed by atoms with E-state index in [4.69, 9.17) is 0 Å². The fraction of sp³-hybridized carbons (Fsp3) is 0.267. The Hall–Kier alpha value is -1.35. The van der Waals surface area contributed by atoms with Gasteiger partial charge in [0.05, 0.1) is 10.2 Å². The van der Waals surface area contributed by atoms with Crippen LogP contribution in [-0.4, -0.2) is 11.0 Å². The Morgan fingerprint density at radius 3 is 2.72 bits per heavy atom. The molecular formula is C15H17BrN2. The van der Waals surface area contributed by atoms with Gasteiger partial charge in [-0.05, 0) is 47.3 Å². The highest BCUT2D eigenvalue weighted by atomic mass is 79.9. The Morgan fingerprint density at radius 1 is 1.22 bits per heavy atom. The SMILES string of the molecule is CC(CCc1ccccc1)Nc1ccncc1Br. The molecule has 0 amide bonds. The van der Waals surface area contributed by atoms with Crippen molar-refractivity contribution >= 4 is 21.6 Å². The van der Waals surface area contributed by atoms with Crippen LogP contribution in [-0.2, 0) is 6.42 Å². The smallest absolute Gasteiger partial charge is 0.0590 e. The molecule has 1 aromatic carbocycles. The van der Waals surface area contributed by atoms with Gasteiger partial charge in [0.25, 0.3) is 0 Å². The van der Waals surface area contributed by atoms with Crippen molar-refractivity contribution in [2.45, 2.75) is 25.8 Å². The molecule has 0 saturated heterocycles. The molecule has 2 rings (SSSR count). The molecule has 18 heavy (non-hydrogen) atoms. The molecular weight excluding hydrogens is 288 g/mol. The van der Waals surface area contributed by atoms with Gasteiger partial charge in [-0.1, -0.05) is 30.3 Å². The number of benzene rings is 1. The molecule has 0 aliphatic rings. The molecule has 1 aromatic heterocycles. The van der Waals surface area contributed by atoms with E-state index < -0.39 is 0 Å². The molecule has 0 aliphatic carbocycles. The van der Waals surface area contributed by atoms with Crippen molar-refractivity contribution in [1.82, 2.24) is 4.98 Å². The molecule has 2 aromatic rings. The first-order chi connectivity index (χ1) is 8.75. The van der Waals surface area contributed by atoms with Crippen LogP contribution in [0.15, 0.2) is 53.3 Å². The van der Waals surface area contributed by atoms with Gasteiger partial charge in [0, 0.05) is 18.4 Å². The van der Waals surface area contributed by atoms with E-state index in [2.05, 4.69) is 63.5 Å². The number of aryl methyl sites for hydroxylation is 1. The van der Waals surface area contributed by atoms with Gasteiger partial charge in [-0.3, -0.25) is 4.98 Å². The van der Waals surface area contributed by atoms with Crippen LogP contribution in [0, 0.1) is 0 Å². The maximum Gasteiger partial charge on any atom is 0.0590 e. The topological polar surface area (TPSA) is 24.9 Å². The average molecular weight is 305 g/mol. The van der Waals surface area contributed by atoms with Crippen LogP contribution in [0.4, 0.5) is 5.69 Å². The standard InChI is InChI=1S/C15H17BrN2/c1-12(7-8-13-5-3-2-4-6-13)18-15-9-10-17-11-14(15)16/h2-6,9-12H,7-8H2,1H3,(H,17,18). The van der Waals surface area contributed by atoms with E-state index in [0.717, 1.165) is 23.0 Å². The van der Waals surface area contributed by atoms with Crippen LogP contribution < -0.4 is 5.32 Å². The highest BCUT2D eigenvalue weighted by Gasteiger charge is 2.05. The third-order valence-electron chi connectivity index (χ3n) is 2.88. The van der Waals surface area contributed by atoms with Gasteiger partial charge >= 0.3 is 0 Å². The summed E-state index contributed by atoms with van der Waals surface area (Å²) in [6.07, 6.45) is 5.82. The molecule has 2 nitrogen and oxygen atoms in total. The lowest BCUT2D eigenvalue weighted by atomic mass is 10.1. The number of hydrogen-bond acceptors (Lipinski definition) is 2. The molecule has 1 heterocycles. The number of anilines is 1. The minimum absolute atomic E-state index is 0.434. The molecule has 0 saturated carbocycles. The maximum absolute atomic E-state index is 4.06. The van der Waals surface area contributed by atoms with E-state index in [0.29, 0.717) is 6.04 Å². The molecule has 0 bridgehead atoms. The van der Waals surface area contributed by atoms with Crippen LogP contribution in [0.2, 0.25) is 0 Å². The summed E-state index contributed by atoms with van der Waals surface area (Å²) in [5, 5.41) is 3.49. The first kappa shape index (κ1) is 13.1. The summed E-state index contributed by atoms with van der Waals surface area (Å²) >= 11 is 3.50. The second-order valence-corrected chi connectivity index (χ2v) is 5.28. The third kappa shape index (κ3) is 3.84. The monoisotopic (exact) mass is 304 g/mol. The fourth-order valence-electron chi connectivity index (χ4n) is 1.86. The minimum atomic E-state index is 0.434. The van der Waals surface area contributed by atoms with Crippen molar-refractivity contribution in [3.8, 4) is 0 Å². The largest absolute Gasteiger partial charge is 0.382 e. The van der Waals surface area contributed by atoms with Crippen LogP contribution in [0.5, 0.6) is 0 Å². The number of nitrogens with zero attached hydrogens (tertiary/aromatic N) is 1. The second-order valence-electron chi connectivity index (χ2n) is 4.43. The predicted molar refractivity (Wildman–Crippen MR) is 79.8 cm³/mol. The van der Waals surface area contributed by atoms with Gasteiger partial charge < -0.3 is 5.32 Å². The van der Waals surface area contributed by atoms with Crippen LogP contribution in [0.25, 0.3) is 0 Å². The van der Waals surface area contributed by atoms with Crippen LogP contribution >= 0.6 is 15.9 Å². The highest BCUT2D eigenvalue weighted by molar-refractivity contribution is 9.10. The molecule has 0 spiro atoms. The van der Waals surface area contributed by atoms with Gasteiger partial charge in [0.15, 0.2) is 0 Å². The van der Waals surface area contributed by atoms with Crippen molar-refractivity contribution in [1.29, 1.82) is 0 Å². The third-order valence-corrected chi connectivity index (χ3v) is 3.52. The van der Waals surface area contributed by atoms with Gasteiger partial charge in [-0.15, -0.1) is 0 Å². The zero-order chi connectivity index (χ0) is 12.8. The molecule has 0 aliphatic heterocycles. The first-order valence-electron chi connectivity index (χ1n) is 6.15. The molecule has 1 unspecified atom stereocenters. The van der Waals surface area contributed by atoms with E-state index in [-0.39, 0.29) is 0 Å². The number of nitrogens with one attached hydrogen (secondary N) is 1. The number of pyridine rings is 1. The molecule has 0 fully saturated rings. The average Bonchev–Trinajstić information content (AvgIpc) is 2.40. The molecule has 1 N–H and O–H groups in total. The van der Waals surface area contributed by atoms with Crippen molar-refractivity contribution in [2.24, 2.45) is 0 Å². The van der Waals surface area contributed by atoms with E-state index in [1.54, 1.807) is 6.20 Å². The Labute approximate surface area is 117 Å². The van der Waals surface area contributed by atoms with Crippen molar-refractivity contribution in [3.05, 3.63) is 58.8 Å². The summed E-state index contributed by atoms with van der Waals surface area (Å²) in [5.74, 6) is 0. The normalized spacial score (nSPS) is 12.1. The van der Waals surface area contributed by atoms with Gasteiger partial charge in [-0.2, -0.15) is 0 Å². The van der Waals surface area contributed by atoms with Crippen molar-refractivity contribution < 1.29 is 0 Å². The van der Waals surface area contributed by atoms with Gasteiger partial charge in [0.2, 0.25) is 0 Å². The highest BCUT2D eigenvalue weighted by Crippen LogP contribution is 2.21.